The molecule has 0 aromatic rings. The Bertz CT molecular complexity index is 52.2. The molecule has 0 aliphatic rings. The van der Waals surface area contributed by atoms with Gasteiger partial charge in [0, 0.05) is 8.41 Å². The van der Waals surface area contributed by atoms with E-state index in [1.54, 1.807) is 14.0 Å². The molecular formula is C10H28BNO-. The van der Waals surface area contributed by atoms with E-state index in [0.717, 1.165) is 0 Å². The van der Waals surface area contributed by atoms with Crippen molar-refractivity contribution in [2.45, 2.75) is 61.1 Å². The molecule has 3 radical (unpaired) electrons. The number of nitrogens with one attached hydrogen (secondary N) is 1. The summed E-state index contributed by atoms with van der Waals surface area (Å²) in [7, 11) is 1.79. The van der Waals surface area contributed by atoms with Gasteiger partial charge in [0.15, 0.2) is 0 Å². The second kappa shape index (κ2) is 29.6. The molecule has 0 rings (SSSR count). The fourth-order valence-corrected chi connectivity index (χ4v) is 0.235. The first-order valence-electron chi connectivity index (χ1n) is 4.51. The second-order valence-electron chi connectivity index (χ2n) is 1.78. The van der Waals surface area contributed by atoms with E-state index >= 15 is 0 Å². The van der Waals surface area contributed by atoms with Gasteiger partial charge in [-0.05, 0) is 13.1 Å². The Hall–Kier alpha value is -0.0151. The van der Waals surface area contributed by atoms with Gasteiger partial charge in [0.1, 0.15) is 0 Å². The first-order valence-corrected chi connectivity index (χ1v) is 4.51. The standard InChI is InChI=1S/C5H12NO.2C2H6.CH4.B/c1-4(6-3)5(2)7;2*1-2;;/h4-6H,1-3H3;2*1-2H3;1H4;/q-1;;;;. The molecular weight excluding hydrogens is 161 g/mol. The highest BCUT2D eigenvalue weighted by Gasteiger charge is 1.93. The van der Waals surface area contributed by atoms with Crippen LogP contribution < -0.4 is 10.4 Å². The first-order chi connectivity index (χ1) is 5.18. The van der Waals surface area contributed by atoms with Gasteiger partial charge in [0.25, 0.3) is 0 Å². The van der Waals surface area contributed by atoms with Gasteiger partial charge in [0.05, 0.1) is 0 Å². The summed E-state index contributed by atoms with van der Waals surface area (Å²) in [6.45, 7) is 11.5. The Morgan fingerprint density at radius 1 is 1.00 bits per heavy atom. The van der Waals surface area contributed by atoms with Crippen LogP contribution in [0.15, 0.2) is 0 Å². The molecule has 0 aliphatic heterocycles. The maximum absolute atomic E-state index is 10.4. The molecule has 0 aliphatic carbocycles. The molecule has 2 unspecified atom stereocenters. The molecule has 0 fully saturated rings. The molecule has 3 heteroatoms. The van der Waals surface area contributed by atoms with Crippen LogP contribution in [0.2, 0.25) is 0 Å². The van der Waals surface area contributed by atoms with Crippen LogP contribution in [-0.2, 0) is 0 Å². The van der Waals surface area contributed by atoms with Crippen molar-refractivity contribution >= 4 is 8.41 Å². The zero-order chi connectivity index (χ0) is 9.86. The van der Waals surface area contributed by atoms with Crippen LogP contribution in [-0.4, -0.2) is 27.6 Å². The third-order valence-electron chi connectivity index (χ3n) is 1.16. The summed E-state index contributed by atoms with van der Waals surface area (Å²) in [5.74, 6) is 0. The van der Waals surface area contributed by atoms with Crippen molar-refractivity contribution in [3.8, 4) is 0 Å². The summed E-state index contributed by atoms with van der Waals surface area (Å²) in [5, 5.41) is 13.2. The van der Waals surface area contributed by atoms with Crippen LogP contribution >= 0.6 is 0 Å². The third kappa shape index (κ3) is 33.4. The van der Waals surface area contributed by atoms with E-state index in [1.165, 1.54) is 0 Å². The van der Waals surface area contributed by atoms with Gasteiger partial charge in [-0.25, -0.2) is 0 Å². The Morgan fingerprint density at radius 3 is 1.23 bits per heavy atom. The molecule has 0 saturated carbocycles. The summed E-state index contributed by atoms with van der Waals surface area (Å²) in [5.41, 5.74) is 0. The lowest BCUT2D eigenvalue weighted by atomic mass is 10.2. The lowest BCUT2D eigenvalue weighted by Crippen LogP contribution is -2.41. The molecule has 1 N–H and O–H groups in total. The van der Waals surface area contributed by atoms with Gasteiger partial charge in [-0.15, -0.1) is 6.10 Å². The maximum atomic E-state index is 10.4. The van der Waals surface area contributed by atoms with Crippen molar-refractivity contribution in [1.82, 2.24) is 5.32 Å². The normalized spacial score (nSPS) is 11.1. The van der Waals surface area contributed by atoms with Crippen LogP contribution in [0, 0.1) is 0 Å². The van der Waals surface area contributed by atoms with Gasteiger partial charge < -0.3 is 10.4 Å². The van der Waals surface area contributed by atoms with Crippen LogP contribution in [0.5, 0.6) is 0 Å². The molecule has 0 amide bonds. The van der Waals surface area contributed by atoms with Gasteiger partial charge in [-0.1, -0.05) is 49.0 Å². The molecule has 0 spiro atoms. The Labute approximate surface area is 87.7 Å². The van der Waals surface area contributed by atoms with Crippen LogP contribution in [0.3, 0.4) is 0 Å². The zero-order valence-electron chi connectivity index (χ0n) is 9.64. The van der Waals surface area contributed by atoms with Crippen molar-refractivity contribution < 1.29 is 5.11 Å². The Balaban J connectivity index is -0.0000000315. The minimum Gasteiger partial charge on any atom is -0.851 e. The first kappa shape index (κ1) is 29.3. The maximum Gasteiger partial charge on any atom is 0 e. The van der Waals surface area contributed by atoms with Crippen LogP contribution in [0.1, 0.15) is 49.0 Å². The van der Waals surface area contributed by atoms with Gasteiger partial charge in [-0.2, -0.15) is 0 Å². The average Bonchev–Trinajstić information content (AvgIpc) is 2.10. The van der Waals surface area contributed by atoms with E-state index in [4.69, 9.17) is 0 Å². The zero-order valence-corrected chi connectivity index (χ0v) is 9.64. The summed E-state index contributed by atoms with van der Waals surface area (Å²) < 4.78 is 0. The monoisotopic (exact) mass is 189 g/mol. The summed E-state index contributed by atoms with van der Waals surface area (Å²) >= 11 is 0. The molecule has 0 saturated heterocycles. The van der Waals surface area contributed by atoms with Gasteiger partial charge >= 0.3 is 0 Å². The number of likely N-dealkylation sites (N-methyl/N-ethyl adjacent to an activating group) is 1. The summed E-state index contributed by atoms with van der Waals surface area (Å²) in [6, 6.07) is 0.0972. The van der Waals surface area contributed by atoms with Crippen molar-refractivity contribution in [3.63, 3.8) is 0 Å². The van der Waals surface area contributed by atoms with E-state index in [-0.39, 0.29) is 21.9 Å². The van der Waals surface area contributed by atoms with Gasteiger partial charge in [0.2, 0.25) is 0 Å². The number of hydrogen-bond donors (Lipinski definition) is 1. The van der Waals surface area contributed by atoms with Crippen molar-refractivity contribution in [2.24, 2.45) is 0 Å². The summed E-state index contributed by atoms with van der Waals surface area (Å²) in [4.78, 5) is 0. The smallest absolute Gasteiger partial charge is 0 e. The second-order valence-corrected chi connectivity index (χ2v) is 1.78. The molecule has 2 atom stereocenters. The number of rotatable bonds is 2. The lowest BCUT2D eigenvalue weighted by Gasteiger charge is -2.23. The lowest BCUT2D eigenvalue weighted by molar-refractivity contribution is -0.419. The van der Waals surface area contributed by atoms with E-state index in [9.17, 15) is 5.11 Å². The highest BCUT2D eigenvalue weighted by atomic mass is 16.3. The van der Waals surface area contributed by atoms with E-state index in [0.29, 0.717) is 0 Å². The van der Waals surface area contributed by atoms with E-state index in [2.05, 4.69) is 5.32 Å². The molecule has 13 heavy (non-hydrogen) atoms. The minimum absolute atomic E-state index is 0. The SMILES string of the molecule is C.CC.CC.CNC(C)C(C)[O-].[B]. The highest BCUT2D eigenvalue weighted by molar-refractivity contribution is 5.75. The Kier molecular flexibility index (Phi) is 66.7. The van der Waals surface area contributed by atoms with E-state index in [1.807, 2.05) is 34.6 Å². The largest absolute Gasteiger partial charge is 0.851 e. The predicted molar refractivity (Wildman–Crippen MR) is 63.2 cm³/mol. The fraction of sp³-hybridized carbons (Fsp3) is 1.00. The third-order valence-corrected chi connectivity index (χ3v) is 1.16. The predicted octanol–water partition coefficient (Wildman–Crippen LogP) is 1.65. The minimum atomic E-state index is -0.495. The highest BCUT2D eigenvalue weighted by Crippen LogP contribution is 1.81. The van der Waals surface area contributed by atoms with Crippen molar-refractivity contribution in [1.29, 1.82) is 0 Å². The Morgan fingerprint density at radius 2 is 1.23 bits per heavy atom. The topological polar surface area (TPSA) is 35.1 Å². The van der Waals surface area contributed by atoms with Crippen molar-refractivity contribution in [2.75, 3.05) is 7.05 Å². The summed E-state index contributed by atoms with van der Waals surface area (Å²) in [6.07, 6.45) is -0.495. The van der Waals surface area contributed by atoms with Gasteiger partial charge in [-0.3, -0.25) is 0 Å². The van der Waals surface area contributed by atoms with Crippen LogP contribution in [0.25, 0.3) is 0 Å². The van der Waals surface area contributed by atoms with Crippen molar-refractivity contribution in [3.05, 3.63) is 0 Å². The van der Waals surface area contributed by atoms with Crippen LogP contribution in [0.4, 0.5) is 0 Å². The quantitative estimate of drug-likeness (QED) is 0.670. The fourth-order valence-electron chi connectivity index (χ4n) is 0.235. The molecule has 0 aromatic carbocycles. The number of hydrogen-bond acceptors (Lipinski definition) is 2. The molecule has 0 bridgehead atoms. The molecule has 83 valence electrons. The van der Waals surface area contributed by atoms with E-state index < -0.39 is 6.10 Å². The molecule has 2 nitrogen and oxygen atoms in total. The molecule has 0 heterocycles. The molecule has 0 aromatic heterocycles. The average molecular weight is 189 g/mol.